The molecule has 1 aromatic rings. The number of carbonyl (C=O) groups is 1. The summed E-state index contributed by atoms with van der Waals surface area (Å²) >= 11 is 11.6. The third-order valence-electron chi connectivity index (χ3n) is 2.71. The quantitative estimate of drug-likeness (QED) is 0.809. The van der Waals surface area contributed by atoms with E-state index >= 15 is 0 Å². The molecule has 0 radical (unpaired) electrons. The van der Waals surface area contributed by atoms with Crippen LogP contribution in [0.15, 0.2) is 18.2 Å². The summed E-state index contributed by atoms with van der Waals surface area (Å²) in [5, 5.41) is 19.4. The predicted molar refractivity (Wildman–Crippen MR) is 64.4 cm³/mol. The van der Waals surface area contributed by atoms with E-state index in [1.807, 2.05) is 0 Å². The average Bonchev–Trinajstić information content (AvgIpc) is 2.62. The molecule has 4 nitrogen and oxygen atoms in total. The fourth-order valence-electron chi connectivity index (χ4n) is 1.75. The SMILES string of the molecule is O=C(c1ccc(Cl)c(Cl)c1)N1C[C@@H](O)[C@@H](O)C1. The second-order valence-electron chi connectivity index (χ2n) is 3.97. The van der Waals surface area contributed by atoms with Crippen molar-refractivity contribution in [3.05, 3.63) is 33.8 Å². The lowest BCUT2D eigenvalue weighted by Crippen LogP contribution is -2.29. The van der Waals surface area contributed by atoms with E-state index < -0.39 is 12.2 Å². The zero-order chi connectivity index (χ0) is 12.6. The molecule has 1 heterocycles. The number of benzene rings is 1. The van der Waals surface area contributed by atoms with Gasteiger partial charge in [-0.1, -0.05) is 23.2 Å². The summed E-state index contributed by atoms with van der Waals surface area (Å²) in [5.41, 5.74) is 0.390. The van der Waals surface area contributed by atoms with Crippen LogP contribution in [0.1, 0.15) is 10.4 Å². The van der Waals surface area contributed by atoms with Crippen molar-refractivity contribution < 1.29 is 15.0 Å². The zero-order valence-electron chi connectivity index (χ0n) is 8.81. The standard InChI is InChI=1S/C11H11Cl2NO3/c12-7-2-1-6(3-8(7)13)11(17)14-4-9(15)10(16)5-14/h1-3,9-10,15-16H,4-5H2/t9-,10+. The Labute approximate surface area is 108 Å². The van der Waals surface area contributed by atoms with E-state index in [4.69, 9.17) is 23.2 Å². The summed E-state index contributed by atoms with van der Waals surface area (Å²) in [6, 6.07) is 4.58. The number of rotatable bonds is 1. The number of amides is 1. The van der Waals surface area contributed by atoms with Crippen LogP contribution in [0.2, 0.25) is 10.0 Å². The summed E-state index contributed by atoms with van der Waals surface area (Å²) < 4.78 is 0. The Morgan fingerprint density at radius 2 is 1.76 bits per heavy atom. The normalized spacial score (nSPS) is 24.1. The van der Waals surface area contributed by atoms with Crippen LogP contribution in [0.25, 0.3) is 0 Å². The van der Waals surface area contributed by atoms with Crippen molar-refractivity contribution in [2.75, 3.05) is 13.1 Å². The molecule has 1 amide bonds. The van der Waals surface area contributed by atoms with E-state index in [0.717, 1.165) is 0 Å². The monoisotopic (exact) mass is 275 g/mol. The van der Waals surface area contributed by atoms with Gasteiger partial charge in [0, 0.05) is 18.7 Å². The molecule has 2 rings (SSSR count). The Morgan fingerprint density at radius 1 is 1.18 bits per heavy atom. The Bertz CT molecular complexity index is 442. The molecule has 1 saturated heterocycles. The second kappa shape index (κ2) is 4.82. The van der Waals surface area contributed by atoms with E-state index in [2.05, 4.69) is 0 Å². The third-order valence-corrected chi connectivity index (χ3v) is 3.45. The minimum atomic E-state index is -0.887. The topological polar surface area (TPSA) is 60.8 Å². The van der Waals surface area contributed by atoms with Gasteiger partial charge >= 0.3 is 0 Å². The van der Waals surface area contributed by atoms with Gasteiger partial charge in [0.2, 0.25) is 0 Å². The number of aliphatic hydroxyl groups excluding tert-OH is 2. The Hall–Kier alpha value is -0.810. The van der Waals surface area contributed by atoms with Crippen molar-refractivity contribution in [2.45, 2.75) is 12.2 Å². The maximum Gasteiger partial charge on any atom is 0.254 e. The molecule has 92 valence electrons. The number of hydrogen-bond donors (Lipinski definition) is 2. The van der Waals surface area contributed by atoms with Crippen LogP contribution in [0.4, 0.5) is 0 Å². The average molecular weight is 276 g/mol. The molecule has 0 aromatic heterocycles. The van der Waals surface area contributed by atoms with Gasteiger partial charge in [-0.15, -0.1) is 0 Å². The van der Waals surface area contributed by atoms with Crippen molar-refractivity contribution in [2.24, 2.45) is 0 Å². The van der Waals surface area contributed by atoms with Gasteiger partial charge in [-0.2, -0.15) is 0 Å². The van der Waals surface area contributed by atoms with E-state index in [1.54, 1.807) is 12.1 Å². The van der Waals surface area contributed by atoms with Crippen molar-refractivity contribution in [1.82, 2.24) is 4.90 Å². The molecule has 17 heavy (non-hydrogen) atoms. The molecule has 0 unspecified atom stereocenters. The molecule has 1 fully saturated rings. The molecule has 6 heteroatoms. The van der Waals surface area contributed by atoms with Crippen LogP contribution < -0.4 is 0 Å². The largest absolute Gasteiger partial charge is 0.388 e. The molecule has 2 N–H and O–H groups in total. The molecular weight excluding hydrogens is 265 g/mol. The number of β-amino-alcohol motifs (C(OH)–C–C–N with tert-alkyl or cyclic N) is 2. The Kier molecular flexibility index (Phi) is 3.58. The van der Waals surface area contributed by atoms with Gasteiger partial charge in [0.05, 0.1) is 22.3 Å². The van der Waals surface area contributed by atoms with Gasteiger partial charge in [0.1, 0.15) is 0 Å². The van der Waals surface area contributed by atoms with E-state index in [0.29, 0.717) is 15.6 Å². The number of hydrogen-bond acceptors (Lipinski definition) is 3. The number of halogens is 2. The van der Waals surface area contributed by atoms with Crippen molar-refractivity contribution in [3.8, 4) is 0 Å². The predicted octanol–water partition coefficient (Wildman–Crippen LogP) is 1.17. The minimum absolute atomic E-state index is 0.125. The summed E-state index contributed by atoms with van der Waals surface area (Å²) in [4.78, 5) is 13.4. The summed E-state index contributed by atoms with van der Waals surface area (Å²) in [7, 11) is 0. The maximum atomic E-state index is 12.0. The Balaban J connectivity index is 2.17. The van der Waals surface area contributed by atoms with Crippen molar-refractivity contribution >= 4 is 29.1 Å². The summed E-state index contributed by atoms with van der Waals surface area (Å²) in [5.74, 6) is -0.279. The molecular formula is C11H11Cl2NO3. The minimum Gasteiger partial charge on any atom is -0.388 e. The van der Waals surface area contributed by atoms with Crippen LogP contribution in [-0.2, 0) is 0 Å². The highest BCUT2D eigenvalue weighted by Gasteiger charge is 2.32. The van der Waals surface area contributed by atoms with Crippen LogP contribution in [-0.4, -0.2) is 46.3 Å². The molecule has 0 spiro atoms. The molecule has 0 bridgehead atoms. The lowest BCUT2D eigenvalue weighted by molar-refractivity contribution is 0.0572. The first-order valence-corrected chi connectivity index (χ1v) is 5.85. The highest BCUT2D eigenvalue weighted by molar-refractivity contribution is 6.42. The molecule has 0 aliphatic carbocycles. The molecule has 0 saturated carbocycles. The van der Waals surface area contributed by atoms with E-state index in [1.165, 1.54) is 11.0 Å². The highest BCUT2D eigenvalue weighted by Crippen LogP contribution is 2.24. The smallest absolute Gasteiger partial charge is 0.254 e. The van der Waals surface area contributed by atoms with E-state index in [9.17, 15) is 15.0 Å². The number of aliphatic hydroxyl groups is 2. The molecule has 2 atom stereocenters. The maximum absolute atomic E-state index is 12.0. The molecule has 1 aliphatic heterocycles. The highest BCUT2D eigenvalue weighted by atomic mass is 35.5. The van der Waals surface area contributed by atoms with Gasteiger partial charge < -0.3 is 15.1 Å². The number of carbonyl (C=O) groups excluding carboxylic acids is 1. The number of nitrogens with zero attached hydrogens (tertiary/aromatic N) is 1. The molecule has 1 aliphatic rings. The Morgan fingerprint density at radius 3 is 2.29 bits per heavy atom. The second-order valence-corrected chi connectivity index (χ2v) is 4.79. The van der Waals surface area contributed by atoms with Gasteiger partial charge in [-0.05, 0) is 18.2 Å². The third kappa shape index (κ3) is 2.55. The van der Waals surface area contributed by atoms with Crippen molar-refractivity contribution in [1.29, 1.82) is 0 Å². The van der Waals surface area contributed by atoms with Gasteiger partial charge in [0.15, 0.2) is 0 Å². The first kappa shape index (κ1) is 12.6. The van der Waals surface area contributed by atoms with Crippen molar-refractivity contribution in [3.63, 3.8) is 0 Å². The fourth-order valence-corrected chi connectivity index (χ4v) is 2.05. The summed E-state index contributed by atoms with van der Waals surface area (Å²) in [6.07, 6.45) is -1.77. The first-order valence-electron chi connectivity index (χ1n) is 5.09. The first-order chi connectivity index (χ1) is 7.99. The molecule has 1 aromatic carbocycles. The number of likely N-dealkylation sites (tertiary alicyclic amines) is 1. The fraction of sp³-hybridized carbons (Fsp3) is 0.364. The van der Waals surface area contributed by atoms with Gasteiger partial charge in [-0.3, -0.25) is 4.79 Å². The van der Waals surface area contributed by atoms with Crippen LogP contribution >= 0.6 is 23.2 Å². The van der Waals surface area contributed by atoms with Crippen LogP contribution in [0.5, 0.6) is 0 Å². The van der Waals surface area contributed by atoms with Crippen LogP contribution in [0.3, 0.4) is 0 Å². The van der Waals surface area contributed by atoms with Gasteiger partial charge in [0.25, 0.3) is 5.91 Å². The summed E-state index contributed by atoms with van der Waals surface area (Å²) in [6.45, 7) is 0.250. The van der Waals surface area contributed by atoms with E-state index in [-0.39, 0.29) is 19.0 Å². The lowest BCUT2D eigenvalue weighted by atomic mass is 10.2. The van der Waals surface area contributed by atoms with Gasteiger partial charge in [-0.25, -0.2) is 0 Å². The lowest BCUT2D eigenvalue weighted by Gasteiger charge is -2.15. The van der Waals surface area contributed by atoms with Crippen LogP contribution in [0, 0.1) is 0 Å². The zero-order valence-corrected chi connectivity index (χ0v) is 10.3.